The highest BCUT2D eigenvalue weighted by Gasteiger charge is 2.44. The molecule has 3 rings (SSSR count). The zero-order chi connectivity index (χ0) is 18.9. The van der Waals surface area contributed by atoms with Crippen LogP contribution in [0, 0.1) is 0 Å². The first kappa shape index (κ1) is 18.8. The molecule has 7 nitrogen and oxygen atoms in total. The summed E-state index contributed by atoms with van der Waals surface area (Å²) in [7, 11) is -2.38. The van der Waals surface area contributed by atoms with Crippen molar-refractivity contribution in [2.75, 3.05) is 26.0 Å². The lowest BCUT2D eigenvalue weighted by atomic mass is 10.0. The largest absolute Gasteiger partial charge is 0.451 e. The number of aromatic nitrogens is 3. The summed E-state index contributed by atoms with van der Waals surface area (Å²) in [6.45, 7) is -0.298. The Bertz CT molecular complexity index is 868. The van der Waals surface area contributed by atoms with Gasteiger partial charge >= 0.3 is 6.18 Å². The van der Waals surface area contributed by atoms with Crippen LogP contribution in [-0.4, -0.2) is 53.5 Å². The molecule has 142 valence electrons. The molecule has 1 unspecified atom stereocenters. The highest BCUT2D eigenvalue weighted by atomic mass is 32.2. The molecule has 1 aromatic heterocycles. The Balaban J connectivity index is 2.10. The Morgan fingerprint density at radius 1 is 1.19 bits per heavy atom. The van der Waals surface area contributed by atoms with E-state index in [-0.39, 0.29) is 31.3 Å². The van der Waals surface area contributed by atoms with Crippen LogP contribution in [-0.2, 0) is 27.5 Å². The molecule has 1 atom stereocenters. The highest BCUT2D eigenvalue weighted by Crippen LogP contribution is 2.37. The number of nitrogens with zero attached hydrogens (tertiary/aromatic N) is 4. The molecule has 0 saturated heterocycles. The van der Waals surface area contributed by atoms with Crippen LogP contribution in [0.1, 0.15) is 23.3 Å². The van der Waals surface area contributed by atoms with E-state index in [1.54, 1.807) is 30.3 Å². The van der Waals surface area contributed by atoms with E-state index < -0.39 is 28.1 Å². The molecule has 0 N–H and O–H groups in total. The molecule has 26 heavy (non-hydrogen) atoms. The monoisotopic (exact) mass is 390 g/mol. The fraction of sp³-hybridized carbons (Fsp3) is 0.467. The summed E-state index contributed by atoms with van der Waals surface area (Å²) < 4.78 is 71.9. The number of benzene rings is 1. The number of halogens is 3. The van der Waals surface area contributed by atoms with Crippen LogP contribution in [0.15, 0.2) is 30.3 Å². The average Bonchev–Trinajstić information content (AvgIpc) is 3.04. The third kappa shape index (κ3) is 3.46. The van der Waals surface area contributed by atoms with E-state index >= 15 is 0 Å². The molecule has 0 aliphatic carbocycles. The number of hydrogen-bond donors (Lipinski definition) is 0. The highest BCUT2D eigenvalue weighted by molar-refractivity contribution is 7.89. The molecule has 2 aromatic rings. The van der Waals surface area contributed by atoms with E-state index in [0.29, 0.717) is 5.56 Å². The molecule has 11 heteroatoms. The van der Waals surface area contributed by atoms with Crippen molar-refractivity contribution >= 4 is 10.0 Å². The molecule has 0 bridgehead atoms. The lowest BCUT2D eigenvalue weighted by molar-refractivity contribution is -0.147. The summed E-state index contributed by atoms with van der Waals surface area (Å²) in [6.07, 6.45) is -4.66. The molecule has 0 amide bonds. The van der Waals surface area contributed by atoms with Crippen LogP contribution in [0.3, 0.4) is 0 Å². The number of sulfonamides is 1. The summed E-state index contributed by atoms with van der Waals surface area (Å²) >= 11 is 0. The van der Waals surface area contributed by atoms with Gasteiger partial charge in [0.15, 0.2) is 5.82 Å². The van der Waals surface area contributed by atoms with Crippen LogP contribution in [0.4, 0.5) is 13.2 Å². The molecule has 0 radical (unpaired) electrons. The zero-order valence-corrected chi connectivity index (χ0v) is 14.7. The molecule has 1 aromatic carbocycles. The first-order valence-electron chi connectivity index (χ1n) is 7.79. The van der Waals surface area contributed by atoms with Crippen LogP contribution in [0.25, 0.3) is 0 Å². The maximum atomic E-state index is 13.2. The predicted molar refractivity (Wildman–Crippen MR) is 85.7 cm³/mol. The van der Waals surface area contributed by atoms with Gasteiger partial charge in [-0.25, -0.2) is 8.42 Å². The minimum Gasteiger partial charge on any atom is -0.384 e. The molecular formula is C15H17F3N4O3S. The lowest BCUT2D eigenvalue weighted by Gasteiger charge is -2.35. The van der Waals surface area contributed by atoms with Gasteiger partial charge in [-0.3, -0.25) is 0 Å². The van der Waals surface area contributed by atoms with Gasteiger partial charge in [0, 0.05) is 20.2 Å². The van der Waals surface area contributed by atoms with Crippen molar-refractivity contribution in [2.45, 2.75) is 18.8 Å². The second-order valence-electron chi connectivity index (χ2n) is 5.76. The van der Waals surface area contributed by atoms with Crippen LogP contribution in [0.5, 0.6) is 0 Å². The van der Waals surface area contributed by atoms with E-state index in [2.05, 4.69) is 10.2 Å². The van der Waals surface area contributed by atoms with Crippen molar-refractivity contribution in [1.82, 2.24) is 19.1 Å². The van der Waals surface area contributed by atoms with Crippen molar-refractivity contribution in [3.63, 3.8) is 0 Å². The minimum atomic E-state index is -4.66. The van der Waals surface area contributed by atoms with Crippen LogP contribution >= 0.6 is 0 Å². The fourth-order valence-corrected chi connectivity index (χ4v) is 4.47. The van der Waals surface area contributed by atoms with Crippen LogP contribution in [0.2, 0.25) is 0 Å². The van der Waals surface area contributed by atoms with Crippen molar-refractivity contribution in [1.29, 1.82) is 0 Å². The molecule has 0 spiro atoms. The molecule has 1 aliphatic rings. The van der Waals surface area contributed by atoms with Crippen molar-refractivity contribution in [2.24, 2.45) is 0 Å². The van der Waals surface area contributed by atoms with E-state index in [9.17, 15) is 21.6 Å². The normalized spacial score (nSPS) is 18.7. The van der Waals surface area contributed by atoms with Crippen molar-refractivity contribution < 1.29 is 26.3 Å². The smallest absolute Gasteiger partial charge is 0.384 e. The third-order valence-corrected chi connectivity index (χ3v) is 5.92. The zero-order valence-electron chi connectivity index (χ0n) is 13.8. The number of hydrogen-bond acceptors (Lipinski definition) is 5. The van der Waals surface area contributed by atoms with E-state index in [0.717, 1.165) is 4.57 Å². The summed E-state index contributed by atoms with van der Waals surface area (Å²) in [5.41, 5.74) is 0.524. The van der Waals surface area contributed by atoms with Gasteiger partial charge in [-0.2, -0.15) is 17.5 Å². The standard InChI is InChI=1S/C15H17F3N4O3S/c1-25-9-10-26(23,24)22-8-7-21-13(19-20-14(21)15(16,17)18)12(22)11-5-3-2-4-6-11/h2-6,12H,7-10H2,1H3. The third-order valence-electron chi connectivity index (χ3n) is 4.13. The van der Waals surface area contributed by atoms with Crippen molar-refractivity contribution in [3.8, 4) is 0 Å². The quantitative estimate of drug-likeness (QED) is 0.776. The van der Waals surface area contributed by atoms with Crippen LogP contribution < -0.4 is 0 Å². The first-order valence-corrected chi connectivity index (χ1v) is 9.40. The van der Waals surface area contributed by atoms with Gasteiger partial charge in [-0.15, -0.1) is 10.2 Å². The number of rotatable bonds is 5. The summed E-state index contributed by atoms with van der Waals surface area (Å²) in [5, 5.41) is 6.95. The van der Waals surface area contributed by atoms with Gasteiger partial charge in [-0.1, -0.05) is 30.3 Å². The SMILES string of the molecule is COCCS(=O)(=O)N1CCn2c(nnc2C(F)(F)F)C1c1ccccc1. The predicted octanol–water partition coefficient (Wildman–Crippen LogP) is 1.68. The summed E-state index contributed by atoms with van der Waals surface area (Å²) in [5.74, 6) is -1.44. The Kier molecular flexibility index (Phi) is 5.04. The molecule has 0 saturated carbocycles. The maximum absolute atomic E-state index is 13.2. The average molecular weight is 390 g/mol. The van der Waals surface area contributed by atoms with Gasteiger partial charge in [0.1, 0.15) is 6.04 Å². The van der Waals surface area contributed by atoms with E-state index in [1.807, 2.05) is 0 Å². The summed E-state index contributed by atoms with van der Waals surface area (Å²) in [4.78, 5) is 0. The van der Waals surface area contributed by atoms with Crippen molar-refractivity contribution in [3.05, 3.63) is 47.5 Å². The van der Waals surface area contributed by atoms with E-state index in [1.165, 1.54) is 11.4 Å². The van der Waals surface area contributed by atoms with Gasteiger partial charge < -0.3 is 9.30 Å². The van der Waals surface area contributed by atoms with E-state index in [4.69, 9.17) is 4.74 Å². The molecular weight excluding hydrogens is 373 g/mol. The first-order chi connectivity index (χ1) is 12.3. The Labute approximate surface area is 148 Å². The fourth-order valence-electron chi connectivity index (χ4n) is 2.96. The minimum absolute atomic E-state index is 0.0131. The Morgan fingerprint density at radius 2 is 1.88 bits per heavy atom. The van der Waals surface area contributed by atoms with Gasteiger partial charge in [0.25, 0.3) is 0 Å². The number of alkyl halides is 3. The van der Waals surface area contributed by atoms with Gasteiger partial charge in [-0.05, 0) is 5.56 Å². The molecule has 2 heterocycles. The topological polar surface area (TPSA) is 77.3 Å². The second-order valence-corrected chi connectivity index (χ2v) is 7.81. The van der Waals surface area contributed by atoms with Gasteiger partial charge in [0.05, 0.1) is 12.4 Å². The lowest BCUT2D eigenvalue weighted by Crippen LogP contribution is -2.44. The Hall–Kier alpha value is -1.98. The van der Waals surface area contributed by atoms with Gasteiger partial charge in [0.2, 0.25) is 15.8 Å². The summed E-state index contributed by atoms with van der Waals surface area (Å²) in [6, 6.07) is 7.45. The number of methoxy groups -OCH3 is 1. The number of ether oxygens (including phenoxy) is 1. The molecule has 0 fully saturated rings. The second kappa shape index (κ2) is 6.97. The maximum Gasteiger partial charge on any atom is 0.451 e. The Morgan fingerprint density at radius 3 is 2.50 bits per heavy atom. The molecule has 1 aliphatic heterocycles. The number of fused-ring (bicyclic) bond motifs is 1.